The van der Waals surface area contributed by atoms with Crippen LogP contribution in [0.15, 0.2) is 36.7 Å². The van der Waals surface area contributed by atoms with Crippen LogP contribution in [0.3, 0.4) is 0 Å². The van der Waals surface area contributed by atoms with E-state index in [-0.39, 0.29) is 24.3 Å². The zero-order chi connectivity index (χ0) is 20.0. The molecule has 0 radical (unpaired) electrons. The van der Waals surface area contributed by atoms with Gasteiger partial charge in [0.1, 0.15) is 0 Å². The maximum absolute atomic E-state index is 12.8. The molecule has 0 spiro atoms. The molecule has 27 heavy (non-hydrogen) atoms. The Kier molecular flexibility index (Phi) is 6.62. The third-order valence-corrected chi connectivity index (χ3v) is 5.13. The van der Waals surface area contributed by atoms with Crippen molar-refractivity contribution in [2.45, 2.75) is 13.5 Å². The Balaban J connectivity index is 2.46. The number of anilines is 1. The number of rotatable bonds is 8. The second kappa shape index (κ2) is 8.72. The monoisotopic (exact) mass is 393 g/mol. The largest absolute Gasteiger partial charge is 0.493 e. The van der Waals surface area contributed by atoms with Crippen LogP contribution in [-0.2, 0) is 16.6 Å². The highest BCUT2D eigenvalue weighted by Crippen LogP contribution is 2.36. The first-order valence-corrected chi connectivity index (χ1v) is 10.1. The summed E-state index contributed by atoms with van der Waals surface area (Å²) in [6.45, 7) is 2.11. The third-order valence-electron chi connectivity index (χ3n) is 3.88. The van der Waals surface area contributed by atoms with Gasteiger partial charge in [0.15, 0.2) is 11.5 Å². The predicted molar refractivity (Wildman–Crippen MR) is 103 cm³/mol. The first-order valence-electron chi connectivity index (χ1n) is 8.22. The normalized spacial score (nSPS) is 11.0. The molecule has 9 heteroatoms. The lowest BCUT2D eigenvalue weighted by molar-refractivity contribution is 0.0951. The summed E-state index contributed by atoms with van der Waals surface area (Å²) in [4.78, 5) is 16.8. The number of sulfonamides is 1. The van der Waals surface area contributed by atoms with Gasteiger partial charge in [0.2, 0.25) is 10.0 Å². The molecule has 0 aliphatic rings. The summed E-state index contributed by atoms with van der Waals surface area (Å²) in [6.07, 6.45) is 4.37. The summed E-state index contributed by atoms with van der Waals surface area (Å²) in [6, 6.07) is 6.56. The van der Waals surface area contributed by atoms with Gasteiger partial charge < -0.3 is 14.8 Å². The molecular weight excluding hydrogens is 370 g/mol. The number of nitrogens with zero attached hydrogens (tertiary/aromatic N) is 2. The predicted octanol–water partition coefficient (Wildman–Crippen LogP) is 1.81. The fourth-order valence-corrected chi connectivity index (χ4v) is 3.60. The standard InChI is InChI=1S/C18H23N3O5S/c1-5-21(27(4,23)24)15-10-17(26-3)16(25-2)9-14(15)18(22)20-12-13-7-6-8-19-11-13/h6-11H,5,12H2,1-4H3,(H,20,22). The molecule has 1 heterocycles. The Morgan fingerprint density at radius 2 is 1.89 bits per heavy atom. The molecule has 0 fully saturated rings. The minimum Gasteiger partial charge on any atom is -0.493 e. The van der Waals surface area contributed by atoms with E-state index >= 15 is 0 Å². The molecule has 0 aliphatic heterocycles. The zero-order valence-corrected chi connectivity index (χ0v) is 16.5. The highest BCUT2D eigenvalue weighted by Gasteiger charge is 2.25. The minimum atomic E-state index is -3.59. The molecule has 0 bridgehead atoms. The average Bonchev–Trinajstić information content (AvgIpc) is 2.65. The minimum absolute atomic E-state index is 0.164. The highest BCUT2D eigenvalue weighted by molar-refractivity contribution is 7.92. The molecule has 0 aliphatic carbocycles. The van der Waals surface area contributed by atoms with E-state index in [0.717, 1.165) is 16.1 Å². The van der Waals surface area contributed by atoms with Crippen molar-refractivity contribution in [1.29, 1.82) is 0 Å². The SMILES string of the molecule is CCN(c1cc(OC)c(OC)cc1C(=O)NCc1cccnc1)S(C)(=O)=O. The third kappa shape index (κ3) is 4.88. The van der Waals surface area contributed by atoms with Gasteiger partial charge in [0, 0.05) is 31.5 Å². The molecule has 0 unspecified atom stereocenters. The summed E-state index contributed by atoms with van der Waals surface area (Å²) >= 11 is 0. The van der Waals surface area contributed by atoms with Crippen LogP contribution >= 0.6 is 0 Å². The molecule has 2 aromatic rings. The maximum Gasteiger partial charge on any atom is 0.253 e. The Labute approximate surface area is 159 Å². The Morgan fingerprint density at radius 1 is 1.22 bits per heavy atom. The van der Waals surface area contributed by atoms with E-state index in [0.29, 0.717) is 11.5 Å². The van der Waals surface area contributed by atoms with Crippen LogP contribution in [0.1, 0.15) is 22.8 Å². The Bertz CT molecular complexity index is 901. The van der Waals surface area contributed by atoms with Gasteiger partial charge in [0.05, 0.1) is 31.7 Å². The molecule has 0 saturated carbocycles. The van der Waals surface area contributed by atoms with Crippen molar-refractivity contribution in [3.05, 3.63) is 47.8 Å². The van der Waals surface area contributed by atoms with Gasteiger partial charge in [0.25, 0.3) is 5.91 Å². The van der Waals surface area contributed by atoms with Gasteiger partial charge in [-0.25, -0.2) is 8.42 Å². The first-order chi connectivity index (χ1) is 12.8. The molecule has 146 valence electrons. The van der Waals surface area contributed by atoms with Crippen LogP contribution in [0, 0.1) is 0 Å². The number of ether oxygens (including phenoxy) is 2. The van der Waals surface area contributed by atoms with E-state index in [1.54, 1.807) is 25.4 Å². The first kappa shape index (κ1) is 20.5. The smallest absolute Gasteiger partial charge is 0.253 e. The van der Waals surface area contributed by atoms with Gasteiger partial charge in [-0.1, -0.05) is 6.07 Å². The molecule has 1 N–H and O–H groups in total. The topological polar surface area (TPSA) is 97.8 Å². The van der Waals surface area contributed by atoms with Gasteiger partial charge >= 0.3 is 0 Å². The summed E-state index contributed by atoms with van der Waals surface area (Å²) in [5, 5.41) is 2.78. The number of nitrogens with one attached hydrogen (secondary N) is 1. The molecule has 2 rings (SSSR count). The van der Waals surface area contributed by atoms with Gasteiger partial charge in [-0.2, -0.15) is 0 Å². The van der Waals surface area contributed by atoms with E-state index in [1.165, 1.54) is 26.4 Å². The number of pyridine rings is 1. The maximum atomic E-state index is 12.8. The molecular formula is C18H23N3O5S. The lowest BCUT2D eigenvalue weighted by Gasteiger charge is -2.24. The summed E-state index contributed by atoms with van der Waals surface area (Å²) in [5.74, 6) is 0.229. The summed E-state index contributed by atoms with van der Waals surface area (Å²) in [7, 11) is -0.696. The van der Waals surface area contributed by atoms with Crippen molar-refractivity contribution >= 4 is 21.6 Å². The number of hydrogen-bond acceptors (Lipinski definition) is 6. The summed E-state index contributed by atoms with van der Waals surface area (Å²) < 4.78 is 36.0. The molecule has 1 aromatic carbocycles. The van der Waals surface area contributed by atoms with Crippen molar-refractivity contribution in [1.82, 2.24) is 10.3 Å². The van der Waals surface area contributed by atoms with Crippen LogP contribution in [0.2, 0.25) is 0 Å². The fraction of sp³-hybridized carbons (Fsp3) is 0.333. The molecule has 0 atom stereocenters. The summed E-state index contributed by atoms with van der Waals surface area (Å²) in [5.41, 5.74) is 1.22. The van der Waals surface area contributed by atoms with E-state index < -0.39 is 15.9 Å². The van der Waals surface area contributed by atoms with Crippen LogP contribution in [-0.4, -0.2) is 46.3 Å². The number of carbonyl (C=O) groups excluding carboxylic acids is 1. The van der Waals surface area contributed by atoms with E-state index in [2.05, 4.69) is 10.3 Å². The van der Waals surface area contributed by atoms with Crippen LogP contribution in [0.4, 0.5) is 5.69 Å². The lowest BCUT2D eigenvalue weighted by atomic mass is 10.1. The molecule has 8 nitrogen and oxygen atoms in total. The van der Waals surface area contributed by atoms with Crippen molar-refractivity contribution in [2.75, 3.05) is 31.3 Å². The quantitative estimate of drug-likeness (QED) is 0.735. The lowest BCUT2D eigenvalue weighted by Crippen LogP contribution is -2.33. The van der Waals surface area contributed by atoms with E-state index in [4.69, 9.17) is 9.47 Å². The van der Waals surface area contributed by atoms with Gasteiger partial charge in [-0.15, -0.1) is 0 Å². The fourth-order valence-electron chi connectivity index (χ4n) is 2.62. The number of aromatic nitrogens is 1. The number of methoxy groups -OCH3 is 2. The van der Waals surface area contributed by atoms with Gasteiger partial charge in [-0.3, -0.25) is 14.1 Å². The van der Waals surface area contributed by atoms with Crippen molar-refractivity contribution < 1.29 is 22.7 Å². The average molecular weight is 393 g/mol. The molecule has 0 saturated heterocycles. The number of hydrogen-bond donors (Lipinski definition) is 1. The number of amides is 1. The Morgan fingerprint density at radius 3 is 2.41 bits per heavy atom. The van der Waals surface area contributed by atoms with Crippen molar-refractivity contribution in [3.63, 3.8) is 0 Å². The zero-order valence-electron chi connectivity index (χ0n) is 15.7. The van der Waals surface area contributed by atoms with Crippen molar-refractivity contribution in [2.24, 2.45) is 0 Å². The van der Waals surface area contributed by atoms with Crippen LogP contribution in [0.25, 0.3) is 0 Å². The molecule has 1 amide bonds. The second-order valence-corrected chi connectivity index (χ2v) is 7.60. The second-order valence-electron chi connectivity index (χ2n) is 5.70. The number of benzene rings is 1. The molecule has 1 aromatic heterocycles. The Hall–Kier alpha value is -2.81. The highest BCUT2D eigenvalue weighted by atomic mass is 32.2. The van der Waals surface area contributed by atoms with Crippen LogP contribution in [0.5, 0.6) is 11.5 Å². The van der Waals surface area contributed by atoms with E-state index in [1.807, 2.05) is 6.07 Å². The van der Waals surface area contributed by atoms with E-state index in [9.17, 15) is 13.2 Å². The van der Waals surface area contributed by atoms with Crippen LogP contribution < -0.4 is 19.1 Å². The number of carbonyl (C=O) groups is 1. The van der Waals surface area contributed by atoms with Gasteiger partial charge in [-0.05, 0) is 24.6 Å². The van der Waals surface area contributed by atoms with Crippen molar-refractivity contribution in [3.8, 4) is 11.5 Å².